The molecule has 0 aliphatic carbocycles. The normalized spacial score (nSPS) is 20.8. The number of esters is 1. The van der Waals surface area contributed by atoms with Gasteiger partial charge in [0, 0.05) is 22.8 Å². The summed E-state index contributed by atoms with van der Waals surface area (Å²) in [5, 5.41) is 3.89. The number of amides is 1. The molecule has 1 amide bonds. The first-order valence-electron chi connectivity index (χ1n) is 8.77. The van der Waals surface area contributed by atoms with E-state index in [1.807, 2.05) is 46.0 Å². The molecule has 2 aromatic heterocycles. The van der Waals surface area contributed by atoms with Gasteiger partial charge in [-0.1, -0.05) is 26.0 Å². The first-order valence-corrected chi connectivity index (χ1v) is 10.5. The van der Waals surface area contributed by atoms with Crippen molar-refractivity contribution in [2.45, 2.75) is 20.3 Å². The average molecular weight is 390 g/mol. The number of nitrogens with zero attached hydrogens (tertiary/aromatic N) is 1. The van der Waals surface area contributed by atoms with Crippen LogP contribution in [0.4, 0.5) is 0 Å². The minimum Gasteiger partial charge on any atom is -0.452 e. The van der Waals surface area contributed by atoms with Gasteiger partial charge in [0.1, 0.15) is 0 Å². The fraction of sp³-hybridized carbons (Fsp3) is 0.400. The Morgan fingerprint density at radius 3 is 2.46 bits per heavy atom. The quantitative estimate of drug-likeness (QED) is 0.562. The summed E-state index contributed by atoms with van der Waals surface area (Å²) >= 11 is 3.04. The zero-order chi connectivity index (χ0) is 18.5. The topological polar surface area (TPSA) is 46.6 Å². The molecule has 3 heterocycles. The second kappa shape index (κ2) is 8.64. The molecule has 1 saturated heterocycles. The van der Waals surface area contributed by atoms with Crippen LogP contribution in [0.1, 0.15) is 30.0 Å². The molecule has 0 saturated carbocycles. The van der Waals surface area contributed by atoms with Crippen molar-refractivity contribution in [3.05, 3.63) is 44.8 Å². The van der Waals surface area contributed by atoms with Crippen LogP contribution in [0.3, 0.4) is 0 Å². The van der Waals surface area contributed by atoms with Gasteiger partial charge in [0.25, 0.3) is 5.91 Å². The summed E-state index contributed by atoms with van der Waals surface area (Å²) in [6.45, 7) is 5.58. The summed E-state index contributed by atoms with van der Waals surface area (Å²) in [5.74, 6) is 0.406. The smallest absolute Gasteiger partial charge is 0.340 e. The molecule has 0 spiro atoms. The first kappa shape index (κ1) is 18.9. The SMILES string of the molecule is C[C@@H]1C[C@H](C)CN(C(=O)COC(=O)/C(=C/c2cccs2)c2cccs2)C1. The lowest BCUT2D eigenvalue weighted by molar-refractivity contribution is -0.148. The highest BCUT2D eigenvalue weighted by molar-refractivity contribution is 7.12. The summed E-state index contributed by atoms with van der Waals surface area (Å²) < 4.78 is 5.38. The third-order valence-corrected chi connectivity index (χ3v) is 6.11. The van der Waals surface area contributed by atoms with E-state index in [1.54, 1.807) is 11.3 Å². The third kappa shape index (κ3) is 4.83. The Morgan fingerprint density at radius 2 is 1.85 bits per heavy atom. The lowest BCUT2D eigenvalue weighted by Gasteiger charge is -2.34. The molecule has 2 aromatic rings. The van der Waals surface area contributed by atoms with E-state index < -0.39 is 5.97 Å². The van der Waals surface area contributed by atoms with Crippen LogP contribution in [0.25, 0.3) is 11.6 Å². The summed E-state index contributed by atoms with van der Waals surface area (Å²) in [6, 6.07) is 7.68. The molecule has 1 fully saturated rings. The van der Waals surface area contributed by atoms with Crippen molar-refractivity contribution in [2.24, 2.45) is 11.8 Å². The van der Waals surface area contributed by atoms with Crippen molar-refractivity contribution < 1.29 is 14.3 Å². The van der Waals surface area contributed by atoms with Gasteiger partial charge in [-0.25, -0.2) is 4.79 Å². The number of rotatable bonds is 5. The fourth-order valence-corrected chi connectivity index (χ4v) is 4.73. The predicted molar refractivity (Wildman–Crippen MR) is 107 cm³/mol. The largest absolute Gasteiger partial charge is 0.452 e. The molecule has 1 aliphatic heterocycles. The number of likely N-dealkylation sites (tertiary alicyclic amines) is 1. The molecular formula is C20H23NO3S2. The van der Waals surface area contributed by atoms with Crippen LogP contribution in [-0.2, 0) is 14.3 Å². The van der Waals surface area contributed by atoms with Crippen LogP contribution in [0.2, 0.25) is 0 Å². The highest BCUT2D eigenvalue weighted by Crippen LogP contribution is 2.26. The minimum atomic E-state index is -0.452. The Kier molecular flexibility index (Phi) is 6.27. The lowest BCUT2D eigenvalue weighted by Crippen LogP contribution is -2.44. The van der Waals surface area contributed by atoms with Crippen LogP contribution in [0.5, 0.6) is 0 Å². The Morgan fingerprint density at radius 1 is 1.15 bits per heavy atom. The van der Waals surface area contributed by atoms with Gasteiger partial charge in [0.15, 0.2) is 6.61 Å². The maximum atomic E-state index is 12.6. The third-order valence-electron chi connectivity index (χ3n) is 4.38. The molecule has 138 valence electrons. The van der Waals surface area contributed by atoms with Gasteiger partial charge in [-0.05, 0) is 47.2 Å². The highest BCUT2D eigenvalue weighted by atomic mass is 32.1. The summed E-state index contributed by atoms with van der Waals surface area (Å²) in [7, 11) is 0. The van der Waals surface area contributed by atoms with E-state index in [0.29, 0.717) is 17.4 Å². The van der Waals surface area contributed by atoms with Gasteiger partial charge < -0.3 is 9.64 Å². The molecule has 26 heavy (non-hydrogen) atoms. The molecule has 6 heteroatoms. The summed E-state index contributed by atoms with van der Waals surface area (Å²) in [4.78, 5) is 28.7. The monoisotopic (exact) mass is 389 g/mol. The molecule has 1 aliphatic rings. The lowest BCUT2D eigenvalue weighted by atomic mass is 9.92. The van der Waals surface area contributed by atoms with E-state index in [4.69, 9.17) is 4.74 Å². The maximum Gasteiger partial charge on any atom is 0.340 e. The van der Waals surface area contributed by atoms with Crippen molar-refractivity contribution in [2.75, 3.05) is 19.7 Å². The van der Waals surface area contributed by atoms with Crippen molar-refractivity contribution in [3.8, 4) is 0 Å². The van der Waals surface area contributed by atoms with Crippen LogP contribution in [-0.4, -0.2) is 36.5 Å². The fourth-order valence-electron chi connectivity index (χ4n) is 3.34. The van der Waals surface area contributed by atoms with E-state index in [0.717, 1.165) is 29.3 Å². The molecule has 0 bridgehead atoms. The van der Waals surface area contributed by atoms with Gasteiger partial charge in [-0.2, -0.15) is 0 Å². The zero-order valence-corrected chi connectivity index (χ0v) is 16.6. The van der Waals surface area contributed by atoms with Crippen molar-refractivity contribution >= 4 is 46.2 Å². The van der Waals surface area contributed by atoms with Gasteiger partial charge in [-0.15, -0.1) is 22.7 Å². The average Bonchev–Trinajstić information content (AvgIpc) is 3.29. The predicted octanol–water partition coefficient (Wildman–Crippen LogP) is 4.40. The van der Waals surface area contributed by atoms with Gasteiger partial charge in [-0.3, -0.25) is 4.79 Å². The van der Waals surface area contributed by atoms with E-state index in [2.05, 4.69) is 13.8 Å². The molecule has 0 aromatic carbocycles. The maximum absolute atomic E-state index is 12.6. The number of carbonyl (C=O) groups is 2. The van der Waals surface area contributed by atoms with Crippen LogP contribution in [0.15, 0.2) is 35.0 Å². The second-order valence-corrected chi connectivity index (χ2v) is 8.80. The Bertz CT molecular complexity index is 755. The Labute approximate surface area is 162 Å². The number of hydrogen-bond acceptors (Lipinski definition) is 5. The van der Waals surface area contributed by atoms with E-state index in [1.165, 1.54) is 11.3 Å². The van der Waals surface area contributed by atoms with Gasteiger partial charge >= 0.3 is 5.97 Å². The molecule has 2 atom stereocenters. The minimum absolute atomic E-state index is 0.113. The van der Waals surface area contributed by atoms with Crippen molar-refractivity contribution in [1.29, 1.82) is 0 Å². The van der Waals surface area contributed by atoms with Gasteiger partial charge in [0.05, 0.1) is 5.57 Å². The van der Waals surface area contributed by atoms with E-state index in [9.17, 15) is 9.59 Å². The van der Waals surface area contributed by atoms with E-state index >= 15 is 0 Å². The Hall–Kier alpha value is -1.92. The number of ether oxygens (including phenoxy) is 1. The molecule has 0 radical (unpaired) electrons. The van der Waals surface area contributed by atoms with Crippen LogP contribution >= 0.6 is 22.7 Å². The van der Waals surface area contributed by atoms with Crippen molar-refractivity contribution in [3.63, 3.8) is 0 Å². The van der Waals surface area contributed by atoms with Gasteiger partial charge in [0.2, 0.25) is 0 Å². The molecule has 0 unspecified atom stereocenters. The number of hydrogen-bond donors (Lipinski definition) is 0. The number of carbonyl (C=O) groups excluding carboxylic acids is 2. The molecule has 4 nitrogen and oxygen atoms in total. The second-order valence-electron chi connectivity index (χ2n) is 6.87. The van der Waals surface area contributed by atoms with Crippen LogP contribution < -0.4 is 0 Å². The first-order chi connectivity index (χ1) is 12.5. The standard InChI is InChI=1S/C20H23NO3S2/c1-14-9-15(2)12-21(11-14)19(22)13-24-20(23)17(18-6-4-8-26-18)10-16-5-3-7-25-16/h3-8,10,14-15H,9,11-13H2,1-2H3/b17-10+/t14-,15+. The highest BCUT2D eigenvalue weighted by Gasteiger charge is 2.26. The molecular weight excluding hydrogens is 366 g/mol. The molecule has 0 N–H and O–H groups in total. The summed E-state index contributed by atoms with van der Waals surface area (Å²) in [5.41, 5.74) is 0.496. The summed E-state index contributed by atoms with van der Waals surface area (Å²) in [6.07, 6.45) is 2.96. The number of piperidine rings is 1. The Balaban J connectivity index is 1.66. The number of thiophene rings is 2. The van der Waals surface area contributed by atoms with E-state index in [-0.39, 0.29) is 12.5 Å². The molecule has 3 rings (SSSR count). The zero-order valence-electron chi connectivity index (χ0n) is 15.0. The van der Waals surface area contributed by atoms with Crippen molar-refractivity contribution in [1.82, 2.24) is 4.90 Å². The van der Waals surface area contributed by atoms with Crippen LogP contribution in [0, 0.1) is 11.8 Å².